The third-order valence-corrected chi connectivity index (χ3v) is 3.39. The Morgan fingerprint density at radius 1 is 1.15 bits per heavy atom. The summed E-state index contributed by atoms with van der Waals surface area (Å²) in [5, 5.41) is 11.7. The number of benzene rings is 1. The molecule has 0 saturated heterocycles. The van der Waals surface area contributed by atoms with Crippen LogP contribution in [-0.2, 0) is 17.9 Å². The Morgan fingerprint density at radius 2 is 1.89 bits per heavy atom. The number of hydrogen-bond acceptors (Lipinski definition) is 5. The first-order valence-electron chi connectivity index (χ1n) is 8.52. The number of aromatic nitrogens is 1. The van der Waals surface area contributed by atoms with Crippen LogP contribution in [0.2, 0.25) is 0 Å². The number of nitrogens with one attached hydrogen (secondary N) is 1. The van der Waals surface area contributed by atoms with Gasteiger partial charge in [0, 0.05) is 18.3 Å². The largest absolute Gasteiger partial charge is 0.478 e. The molecule has 27 heavy (non-hydrogen) atoms. The van der Waals surface area contributed by atoms with Gasteiger partial charge in [-0.2, -0.15) is 0 Å². The SMILES string of the molecule is Cc1cc(CNC(=O)OC(C)(C)C)cc(OCc2cccc(C(=O)O)c2)n1. The first-order chi connectivity index (χ1) is 12.6. The fraction of sp³-hybridized carbons (Fsp3) is 0.350. The lowest BCUT2D eigenvalue weighted by molar-refractivity contribution is 0.0522. The van der Waals surface area contributed by atoms with E-state index in [1.807, 2.05) is 13.0 Å². The second-order valence-corrected chi connectivity index (χ2v) is 7.10. The lowest BCUT2D eigenvalue weighted by Gasteiger charge is -2.19. The molecule has 0 radical (unpaired) electrons. The van der Waals surface area contributed by atoms with Crippen molar-refractivity contribution in [3.8, 4) is 5.88 Å². The van der Waals surface area contributed by atoms with Crippen LogP contribution in [0.4, 0.5) is 4.79 Å². The predicted molar refractivity (Wildman–Crippen MR) is 99.8 cm³/mol. The van der Waals surface area contributed by atoms with Crippen molar-refractivity contribution < 1.29 is 24.2 Å². The molecule has 0 unspecified atom stereocenters. The lowest BCUT2D eigenvalue weighted by atomic mass is 10.1. The quantitative estimate of drug-likeness (QED) is 0.802. The van der Waals surface area contributed by atoms with E-state index in [9.17, 15) is 9.59 Å². The van der Waals surface area contributed by atoms with Gasteiger partial charge in [-0.15, -0.1) is 0 Å². The number of rotatable bonds is 6. The molecule has 1 amide bonds. The smallest absolute Gasteiger partial charge is 0.407 e. The second kappa shape index (κ2) is 8.53. The van der Waals surface area contributed by atoms with Gasteiger partial charge in [0.2, 0.25) is 5.88 Å². The van der Waals surface area contributed by atoms with E-state index in [0.717, 1.165) is 16.8 Å². The molecule has 7 heteroatoms. The van der Waals surface area contributed by atoms with E-state index in [-0.39, 0.29) is 18.7 Å². The summed E-state index contributed by atoms with van der Waals surface area (Å²) in [6.45, 7) is 7.70. The van der Waals surface area contributed by atoms with Crippen LogP contribution in [0, 0.1) is 6.92 Å². The Balaban J connectivity index is 1.99. The number of carbonyl (C=O) groups excluding carboxylic acids is 1. The topological polar surface area (TPSA) is 97.8 Å². The molecule has 0 atom stereocenters. The predicted octanol–water partition coefficient (Wildman–Crippen LogP) is 3.69. The number of carboxylic acids is 1. The van der Waals surface area contributed by atoms with Crippen molar-refractivity contribution in [2.24, 2.45) is 0 Å². The van der Waals surface area contributed by atoms with Crippen LogP contribution in [0.15, 0.2) is 36.4 Å². The van der Waals surface area contributed by atoms with E-state index < -0.39 is 17.7 Å². The van der Waals surface area contributed by atoms with Gasteiger partial charge in [-0.05, 0) is 57.0 Å². The highest BCUT2D eigenvalue weighted by atomic mass is 16.6. The molecule has 0 aliphatic rings. The van der Waals surface area contributed by atoms with Crippen LogP contribution in [0.1, 0.15) is 48.0 Å². The Kier molecular flexibility index (Phi) is 6.39. The number of ether oxygens (including phenoxy) is 2. The number of aromatic carboxylic acids is 1. The summed E-state index contributed by atoms with van der Waals surface area (Å²) in [4.78, 5) is 27.1. The third-order valence-electron chi connectivity index (χ3n) is 3.39. The van der Waals surface area contributed by atoms with Crippen molar-refractivity contribution in [1.82, 2.24) is 10.3 Å². The van der Waals surface area contributed by atoms with Crippen molar-refractivity contribution in [1.29, 1.82) is 0 Å². The summed E-state index contributed by atoms with van der Waals surface area (Å²) >= 11 is 0. The van der Waals surface area contributed by atoms with Crippen LogP contribution in [0.3, 0.4) is 0 Å². The van der Waals surface area contributed by atoms with Crippen LogP contribution < -0.4 is 10.1 Å². The summed E-state index contributed by atoms with van der Waals surface area (Å²) in [7, 11) is 0. The zero-order valence-electron chi connectivity index (χ0n) is 15.9. The Hall–Kier alpha value is -3.09. The summed E-state index contributed by atoms with van der Waals surface area (Å²) in [5.74, 6) is -0.585. The molecule has 0 bridgehead atoms. The molecular weight excluding hydrogens is 348 g/mol. The monoisotopic (exact) mass is 372 g/mol. The number of aryl methyl sites for hydroxylation is 1. The maximum absolute atomic E-state index is 11.8. The maximum atomic E-state index is 11.8. The minimum atomic E-state index is -0.985. The van der Waals surface area contributed by atoms with E-state index in [0.29, 0.717) is 5.88 Å². The number of pyridine rings is 1. The zero-order chi connectivity index (χ0) is 20.0. The van der Waals surface area contributed by atoms with E-state index in [1.165, 1.54) is 6.07 Å². The van der Waals surface area contributed by atoms with Crippen LogP contribution in [-0.4, -0.2) is 27.8 Å². The molecule has 0 fully saturated rings. The van der Waals surface area contributed by atoms with E-state index in [2.05, 4.69) is 10.3 Å². The number of alkyl carbamates (subject to hydrolysis) is 1. The van der Waals surface area contributed by atoms with Gasteiger partial charge in [0.05, 0.1) is 5.56 Å². The summed E-state index contributed by atoms with van der Waals surface area (Å²) in [5.41, 5.74) is 1.94. The lowest BCUT2D eigenvalue weighted by Crippen LogP contribution is -2.32. The van der Waals surface area contributed by atoms with Gasteiger partial charge in [0.25, 0.3) is 0 Å². The molecule has 0 aliphatic heterocycles. The van der Waals surface area contributed by atoms with Crippen molar-refractivity contribution in [3.05, 3.63) is 58.8 Å². The normalized spacial score (nSPS) is 11.0. The van der Waals surface area contributed by atoms with Crippen molar-refractivity contribution >= 4 is 12.1 Å². The van der Waals surface area contributed by atoms with Gasteiger partial charge in [0.1, 0.15) is 12.2 Å². The number of carbonyl (C=O) groups is 2. The third kappa shape index (κ3) is 6.97. The standard InChI is InChI=1S/C20H24N2O5/c1-13-8-15(11-21-19(25)27-20(2,3)4)10-17(22-13)26-12-14-6-5-7-16(9-14)18(23)24/h5-10H,11-12H2,1-4H3,(H,21,25)(H,23,24). The molecule has 1 heterocycles. The molecule has 1 aromatic carbocycles. The molecule has 1 aromatic heterocycles. The molecular formula is C20H24N2O5. The minimum absolute atomic E-state index is 0.191. The van der Waals surface area contributed by atoms with Crippen molar-refractivity contribution in [2.45, 2.75) is 46.4 Å². The molecule has 2 rings (SSSR count). The van der Waals surface area contributed by atoms with Gasteiger partial charge in [-0.25, -0.2) is 14.6 Å². The van der Waals surface area contributed by atoms with Crippen LogP contribution >= 0.6 is 0 Å². The molecule has 0 saturated carbocycles. The van der Waals surface area contributed by atoms with E-state index in [1.54, 1.807) is 45.0 Å². The molecule has 2 aromatic rings. The Labute approximate surface area is 158 Å². The molecule has 144 valence electrons. The van der Waals surface area contributed by atoms with Crippen molar-refractivity contribution in [3.63, 3.8) is 0 Å². The van der Waals surface area contributed by atoms with E-state index in [4.69, 9.17) is 14.6 Å². The first kappa shape index (κ1) is 20.2. The summed E-state index contributed by atoms with van der Waals surface area (Å²) < 4.78 is 10.9. The first-order valence-corrected chi connectivity index (χ1v) is 8.52. The zero-order valence-corrected chi connectivity index (χ0v) is 15.9. The number of hydrogen-bond donors (Lipinski definition) is 2. The van der Waals surface area contributed by atoms with Crippen molar-refractivity contribution in [2.75, 3.05) is 0 Å². The van der Waals surface area contributed by atoms with Gasteiger partial charge >= 0.3 is 12.1 Å². The summed E-state index contributed by atoms with van der Waals surface area (Å²) in [6.07, 6.45) is -0.495. The average Bonchev–Trinajstić information content (AvgIpc) is 2.56. The average molecular weight is 372 g/mol. The highest BCUT2D eigenvalue weighted by Crippen LogP contribution is 2.15. The molecule has 0 spiro atoms. The fourth-order valence-electron chi connectivity index (χ4n) is 2.32. The highest BCUT2D eigenvalue weighted by Gasteiger charge is 2.16. The van der Waals surface area contributed by atoms with Crippen LogP contribution in [0.5, 0.6) is 5.88 Å². The molecule has 0 aliphatic carbocycles. The number of nitrogens with zero attached hydrogens (tertiary/aromatic N) is 1. The van der Waals surface area contributed by atoms with Gasteiger partial charge in [-0.3, -0.25) is 0 Å². The van der Waals surface area contributed by atoms with Crippen LogP contribution in [0.25, 0.3) is 0 Å². The maximum Gasteiger partial charge on any atom is 0.407 e. The molecule has 2 N–H and O–H groups in total. The highest BCUT2D eigenvalue weighted by molar-refractivity contribution is 5.87. The minimum Gasteiger partial charge on any atom is -0.478 e. The Bertz CT molecular complexity index is 827. The number of carboxylic acid groups (broad SMARTS) is 1. The van der Waals surface area contributed by atoms with E-state index >= 15 is 0 Å². The van der Waals surface area contributed by atoms with Gasteiger partial charge in [-0.1, -0.05) is 12.1 Å². The number of amides is 1. The second-order valence-electron chi connectivity index (χ2n) is 7.10. The molecule has 7 nitrogen and oxygen atoms in total. The van der Waals surface area contributed by atoms with Gasteiger partial charge < -0.3 is 19.9 Å². The summed E-state index contributed by atoms with van der Waals surface area (Å²) in [6, 6.07) is 10.1. The Morgan fingerprint density at radius 3 is 2.56 bits per heavy atom. The fourth-order valence-corrected chi connectivity index (χ4v) is 2.32. The van der Waals surface area contributed by atoms with Gasteiger partial charge in [0.15, 0.2) is 0 Å².